The Morgan fingerprint density at radius 3 is 2.12 bits per heavy atom. The van der Waals surface area contributed by atoms with E-state index in [9.17, 15) is 4.79 Å². The molecule has 1 aliphatic rings. The van der Waals surface area contributed by atoms with Gasteiger partial charge in [0.15, 0.2) is 0 Å². The maximum absolute atomic E-state index is 12.2. The lowest BCUT2D eigenvalue weighted by molar-refractivity contribution is -0.0987. The Balaban J connectivity index is 0.00000171. The smallest absolute Gasteiger partial charge is 0.319 e. The normalized spacial score (nSPS) is 12.3. The number of benzene rings is 2. The first-order valence-corrected chi connectivity index (χ1v) is 13.6. The average Bonchev–Trinajstić information content (AvgIpc) is 2.98. The molecule has 8 heteroatoms. The number of hydrogen-bond acceptors (Lipinski definition) is 6. The van der Waals surface area contributed by atoms with Gasteiger partial charge >= 0.3 is 6.03 Å². The second kappa shape index (κ2) is 20.9. The third-order valence-electron chi connectivity index (χ3n) is 6.10. The lowest BCUT2D eigenvalue weighted by Crippen LogP contribution is -2.32. The lowest BCUT2D eigenvalue weighted by Gasteiger charge is -2.35. The second-order valence-corrected chi connectivity index (χ2v) is 10.0. The Morgan fingerprint density at radius 1 is 1.02 bits per heavy atom. The van der Waals surface area contributed by atoms with Gasteiger partial charge in [0.1, 0.15) is 13.6 Å². The SMILES string of the molecule is C=C(c1ccc(C)c(NC(=O)NCCCNC)c1)N1CCC(c2ccc(C#N)cc2)CC1.C=O.C=O.CC(C)C. The Morgan fingerprint density at radius 2 is 1.60 bits per heavy atom. The lowest BCUT2D eigenvalue weighted by atomic mass is 9.88. The van der Waals surface area contributed by atoms with Crippen LogP contribution in [0.5, 0.6) is 0 Å². The molecule has 0 bridgehead atoms. The van der Waals surface area contributed by atoms with Crippen molar-refractivity contribution in [3.8, 4) is 6.07 Å². The summed E-state index contributed by atoms with van der Waals surface area (Å²) in [4.78, 5) is 30.6. The van der Waals surface area contributed by atoms with Gasteiger partial charge in [0.05, 0.1) is 11.6 Å². The van der Waals surface area contributed by atoms with E-state index in [2.05, 4.69) is 72.5 Å². The molecule has 0 radical (unpaired) electrons. The number of nitriles is 1. The molecule has 1 fully saturated rings. The van der Waals surface area contributed by atoms with Crippen LogP contribution in [0.1, 0.15) is 68.2 Å². The highest BCUT2D eigenvalue weighted by Crippen LogP contribution is 2.32. The first-order valence-electron chi connectivity index (χ1n) is 13.6. The number of nitrogens with zero attached hydrogens (tertiary/aromatic N) is 2. The number of likely N-dealkylation sites (tertiary alicyclic amines) is 1. The molecule has 0 atom stereocenters. The first kappa shape index (κ1) is 36.0. The van der Waals surface area contributed by atoms with Gasteiger partial charge in [-0.3, -0.25) is 0 Å². The molecule has 40 heavy (non-hydrogen) atoms. The summed E-state index contributed by atoms with van der Waals surface area (Å²) in [6.45, 7) is 20.2. The molecule has 0 unspecified atom stereocenters. The number of hydrogen-bond donors (Lipinski definition) is 3. The van der Waals surface area contributed by atoms with Crippen molar-refractivity contribution in [3.63, 3.8) is 0 Å². The minimum atomic E-state index is -0.185. The number of anilines is 1. The number of urea groups is 1. The fourth-order valence-electron chi connectivity index (χ4n) is 4.06. The zero-order valence-corrected chi connectivity index (χ0v) is 24.9. The van der Waals surface area contributed by atoms with Gasteiger partial charge in [-0.15, -0.1) is 0 Å². The van der Waals surface area contributed by atoms with Crippen LogP contribution in [0, 0.1) is 24.2 Å². The minimum absolute atomic E-state index is 0.185. The van der Waals surface area contributed by atoms with Crippen molar-refractivity contribution in [2.24, 2.45) is 5.92 Å². The van der Waals surface area contributed by atoms with Gasteiger partial charge in [0, 0.05) is 31.0 Å². The van der Waals surface area contributed by atoms with E-state index in [0.29, 0.717) is 18.0 Å². The molecule has 1 saturated heterocycles. The van der Waals surface area contributed by atoms with Crippen LogP contribution in [0.15, 0.2) is 49.0 Å². The molecule has 1 aliphatic heterocycles. The van der Waals surface area contributed by atoms with Crippen LogP contribution >= 0.6 is 0 Å². The summed E-state index contributed by atoms with van der Waals surface area (Å²) in [5.74, 6) is 1.34. The zero-order chi connectivity index (χ0) is 30.5. The van der Waals surface area contributed by atoms with E-state index in [4.69, 9.17) is 14.9 Å². The number of rotatable bonds is 8. The third kappa shape index (κ3) is 13.2. The van der Waals surface area contributed by atoms with Crippen LogP contribution in [0.4, 0.5) is 10.5 Å². The average molecular weight is 550 g/mol. The highest BCUT2D eigenvalue weighted by molar-refractivity contribution is 5.90. The van der Waals surface area contributed by atoms with Gasteiger partial charge < -0.3 is 30.4 Å². The van der Waals surface area contributed by atoms with Gasteiger partial charge in [-0.1, -0.05) is 51.6 Å². The molecule has 3 rings (SSSR count). The zero-order valence-electron chi connectivity index (χ0n) is 24.9. The Bertz CT molecular complexity index is 1050. The summed E-state index contributed by atoms with van der Waals surface area (Å²) in [5.41, 5.74) is 5.85. The van der Waals surface area contributed by atoms with Gasteiger partial charge in [-0.2, -0.15) is 5.26 Å². The van der Waals surface area contributed by atoms with E-state index >= 15 is 0 Å². The predicted molar refractivity (Wildman–Crippen MR) is 165 cm³/mol. The Labute approximate surface area is 240 Å². The molecule has 218 valence electrons. The number of amides is 2. The standard InChI is InChI=1S/C26H33N5O.C4H10.2CH2O/c1-19-5-8-24(17-25(19)30-26(32)29-14-4-13-28-3)20(2)31-15-11-23(12-16-31)22-9-6-21(18-27)7-10-22;1-4(2)3;2*1-2/h5-10,17,23,28H,2,4,11-16H2,1,3H3,(H2,29,30,32);4H,1-3H3;2*1H2. The fourth-order valence-corrected chi connectivity index (χ4v) is 4.06. The topological polar surface area (TPSA) is 114 Å². The first-order chi connectivity index (χ1) is 19.2. The predicted octanol–water partition coefficient (Wildman–Crippen LogP) is 5.74. The number of piperidine rings is 1. The van der Waals surface area contributed by atoms with E-state index in [1.165, 1.54) is 5.56 Å². The molecule has 8 nitrogen and oxygen atoms in total. The molecular formula is C32H47N5O3. The highest BCUT2D eigenvalue weighted by atomic mass is 16.2. The van der Waals surface area contributed by atoms with Crippen LogP contribution in [-0.4, -0.2) is 57.7 Å². The molecule has 0 aliphatic carbocycles. The van der Waals surface area contributed by atoms with Crippen LogP contribution in [0.3, 0.4) is 0 Å². The minimum Gasteiger partial charge on any atom is -0.371 e. The number of carbonyl (C=O) groups excluding carboxylic acids is 3. The van der Waals surface area contributed by atoms with Gasteiger partial charge in [-0.05, 0) is 86.5 Å². The van der Waals surface area contributed by atoms with Crippen molar-refractivity contribution in [1.82, 2.24) is 15.5 Å². The van der Waals surface area contributed by atoms with Crippen molar-refractivity contribution >= 4 is 31.0 Å². The third-order valence-corrected chi connectivity index (χ3v) is 6.10. The number of aryl methyl sites for hydroxylation is 1. The Hall–Kier alpha value is -3.96. The highest BCUT2D eigenvalue weighted by Gasteiger charge is 2.22. The van der Waals surface area contributed by atoms with Crippen molar-refractivity contribution in [2.45, 2.75) is 52.9 Å². The largest absolute Gasteiger partial charge is 0.371 e. The van der Waals surface area contributed by atoms with Crippen LogP contribution in [0.25, 0.3) is 5.70 Å². The van der Waals surface area contributed by atoms with Crippen molar-refractivity contribution in [3.05, 3.63) is 71.3 Å². The molecule has 0 aromatic heterocycles. The summed E-state index contributed by atoms with van der Waals surface area (Å²) in [6, 6.07) is 16.1. The Kier molecular flexibility index (Phi) is 18.9. The molecule has 2 aromatic rings. The fraction of sp³-hybridized carbons (Fsp3) is 0.438. The van der Waals surface area contributed by atoms with Gasteiger partial charge in [0.2, 0.25) is 0 Å². The second-order valence-electron chi connectivity index (χ2n) is 10.0. The summed E-state index contributed by atoms with van der Waals surface area (Å²) in [7, 11) is 1.90. The maximum Gasteiger partial charge on any atom is 0.319 e. The van der Waals surface area contributed by atoms with Gasteiger partial charge in [0.25, 0.3) is 0 Å². The monoisotopic (exact) mass is 549 g/mol. The van der Waals surface area contributed by atoms with E-state index in [1.807, 2.05) is 51.8 Å². The molecule has 2 amide bonds. The summed E-state index contributed by atoms with van der Waals surface area (Å²) >= 11 is 0. The van der Waals surface area contributed by atoms with E-state index < -0.39 is 0 Å². The van der Waals surface area contributed by atoms with Crippen LogP contribution in [-0.2, 0) is 9.59 Å². The van der Waals surface area contributed by atoms with Gasteiger partial charge in [-0.25, -0.2) is 4.79 Å². The molecule has 2 aromatic carbocycles. The van der Waals surface area contributed by atoms with Crippen molar-refractivity contribution < 1.29 is 14.4 Å². The van der Waals surface area contributed by atoms with Crippen LogP contribution in [0.2, 0.25) is 0 Å². The van der Waals surface area contributed by atoms with Crippen molar-refractivity contribution in [1.29, 1.82) is 5.26 Å². The van der Waals surface area contributed by atoms with E-state index in [1.54, 1.807) is 0 Å². The van der Waals surface area contributed by atoms with E-state index in [-0.39, 0.29) is 6.03 Å². The summed E-state index contributed by atoms with van der Waals surface area (Å²) in [6.07, 6.45) is 2.99. The number of nitrogens with one attached hydrogen (secondary N) is 3. The summed E-state index contributed by atoms with van der Waals surface area (Å²) in [5, 5.41) is 17.9. The van der Waals surface area contributed by atoms with E-state index in [0.717, 1.165) is 67.3 Å². The molecule has 1 heterocycles. The molecular weight excluding hydrogens is 502 g/mol. The molecule has 0 saturated carbocycles. The molecule has 0 spiro atoms. The maximum atomic E-state index is 12.2. The molecule has 3 N–H and O–H groups in total. The number of carbonyl (C=O) groups is 3. The van der Waals surface area contributed by atoms with Crippen molar-refractivity contribution in [2.75, 3.05) is 38.5 Å². The van der Waals surface area contributed by atoms with Crippen LogP contribution < -0.4 is 16.0 Å². The summed E-state index contributed by atoms with van der Waals surface area (Å²) < 4.78 is 0. The quantitative estimate of drug-likeness (QED) is 0.362.